The van der Waals surface area contributed by atoms with E-state index in [2.05, 4.69) is 5.32 Å². The van der Waals surface area contributed by atoms with Gasteiger partial charge in [-0.15, -0.1) is 0 Å². The maximum atomic E-state index is 13.2. The van der Waals surface area contributed by atoms with Crippen molar-refractivity contribution in [1.29, 1.82) is 0 Å². The molecule has 1 unspecified atom stereocenters. The molecule has 0 aliphatic carbocycles. The molecule has 0 spiro atoms. The van der Waals surface area contributed by atoms with E-state index in [4.69, 9.17) is 5.11 Å². The van der Waals surface area contributed by atoms with Gasteiger partial charge in [0.2, 0.25) is 0 Å². The Balaban J connectivity index is 1.67. The molecular weight excluding hydrogens is 358 g/mol. The summed E-state index contributed by atoms with van der Waals surface area (Å²) in [7, 11) is 1.65. The minimum absolute atomic E-state index is 0.0692. The van der Waals surface area contributed by atoms with E-state index in [1.54, 1.807) is 36.2 Å². The molecule has 0 radical (unpaired) electrons. The van der Waals surface area contributed by atoms with Gasteiger partial charge in [-0.05, 0) is 23.3 Å². The first-order chi connectivity index (χ1) is 13.5. The van der Waals surface area contributed by atoms with Crippen LogP contribution in [0.15, 0.2) is 65.9 Å². The van der Waals surface area contributed by atoms with Crippen molar-refractivity contribution in [1.82, 2.24) is 10.2 Å². The lowest BCUT2D eigenvalue weighted by Crippen LogP contribution is -2.45. The molecule has 2 aromatic rings. The lowest BCUT2D eigenvalue weighted by molar-refractivity contribution is -0.136. The number of nitrogens with zero attached hydrogens (tertiary/aromatic N) is 2. The molecule has 1 atom stereocenters. The van der Waals surface area contributed by atoms with Crippen LogP contribution in [0.4, 0.5) is 10.5 Å². The van der Waals surface area contributed by atoms with Crippen LogP contribution in [0, 0.1) is 0 Å². The van der Waals surface area contributed by atoms with Crippen molar-refractivity contribution in [3.05, 3.63) is 77.0 Å². The monoisotopic (exact) mass is 377 g/mol. The number of carbonyl (C=O) groups excluding carboxylic acids is 2. The minimum atomic E-state index is -0.904. The van der Waals surface area contributed by atoms with Gasteiger partial charge in [-0.2, -0.15) is 0 Å². The number of carbonyl (C=O) groups is 3. The van der Waals surface area contributed by atoms with Crippen LogP contribution in [0.1, 0.15) is 17.2 Å². The van der Waals surface area contributed by atoms with Gasteiger partial charge in [0, 0.05) is 12.7 Å². The first-order valence-electron chi connectivity index (χ1n) is 8.90. The molecule has 0 fully saturated rings. The summed E-state index contributed by atoms with van der Waals surface area (Å²) in [5.41, 5.74) is 3.42. The molecule has 4 rings (SSSR count). The summed E-state index contributed by atoms with van der Waals surface area (Å²) in [6, 6.07) is 15.5. The summed E-state index contributed by atoms with van der Waals surface area (Å²) in [6.07, 6.45) is -0.0692. The lowest BCUT2D eigenvalue weighted by atomic mass is 9.96. The summed E-state index contributed by atoms with van der Waals surface area (Å²) in [6.45, 7) is 0.291. The molecular formula is C21H19N3O4. The second kappa shape index (κ2) is 6.84. The first kappa shape index (κ1) is 17.8. The van der Waals surface area contributed by atoms with Crippen molar-refractivity contribution in [2.75, 3.05) is 18.5 Å². The van der Waals surface area contributed by atoms with Gasteiger partial charge in [0.1, 0.15) is 0 Å². The van der Waals surface area contributed by atoms with E-state index in [-0.39, 0.29) is 18.4 Å². The summed E-state index contributed by atoms with van der Waals surface area (Å²) < 4.78 is 0. The molecule has 2 N–H and O–H groups in total. The van der Waals surface area contributed by atoms with E-state index in [0.717, 1.165) is 5.56 Å². The lowest BCUT2D eigenvalue weighted by Gasteiger charge is -2.31. The molecule has 28 heavy (non-hydrogen) atoms. The highest BCUT2D eigenvalue weighted by atomic mass is 16.4. The van der Waals surface area contributed by atoms with E-state index in [0.29, 0.717) is 29.1 Å². The number of carboxylic acid groups (broad SMARTS) is 1. The van der Waals surface area contributed by atoms with Gasteiger partial charge in [-0.1, -0.05) is 42.5 Å². The highest BCUT2D eigenvalue weighted by Crippen LogP contribution is 2.37. The Morgan fingerprint density at radius 3 is 2.43 bits per heavy atom. The van der Waals surface area contributed by atoms with E-state index >= 15 is 0 Å². The molecule has 142 valence electrons. The number of carboxylic acids is 1. The highest BCUT2D eigenvalue weighted by molar-refractivity contribution is 6.11. The maximum Gasteiger partial charge on any atom is 0.322 e. The molecule has 0 aromatic heterocycles. The molecule has 7 heteroatoms. The topological polar surface area (TPSA) is 90.0 Å². The predicted octanol–water partition coefficient (Wildman–Crippen LogP) is 2.31. The van der Waals surface area contributed by atoms with E-state index < -0.39 is 12.0 Å². The largest absolute Gasteiger partial charge is 0.481 e. The zero-order valence-corrected chi connectivity index (χ0v) is 15.3. The number of benzene rings is 2. The summed E-state index contributed by atoms with van der Waals surface area (Å²) in [5.74, 6) is -1.07. The van der Waals surface area contributed by atoms with Gasteiger partial charge < -0.3 is 15.3 Å². The van der Waals surface area contributed by atoms with Gasteiger partial charge in [0.15, 0.2) is 0 Å². The average Bonchev–Trinajstić information content (AvgIpc) is 3.03. The Hall–Kier alpha value is -3.61. The number of amides is 3. The van der Waals surface area contributed by atoms with Crippen LogP contribution in [0.5, 0.6) is 0 Å². The Morgan fingerprint density at radius 1 is 1.11 bits per heavy atom. The van der Waals surface area contributed by atoms with Crippen molar-refractivity contribution in [2.24, 2.45) is 0 Å². The second-order valence-electron chi connectivity index (χ2n) is 6.84. The maximum absolute atomic E-state index is 13.2. The van der Waals surface area contributed by atoms with Crippen LogP contribution in [0.2, 0.25) is 0 Å². The molecule has 7 nitrogen and oxygen atoms in total. The quantitative estimate of drug-likeness (QED) is 0.856. The Morgan fingerprint density at radius 2 is 1.79 bits per heavy atom. The summed E-state index contributed by atoms with van der Waals surface area (Å²) in [4.78, 5) is 39.6. The zero-order valence-electron chi connectivity index (χ0n) is 15.3. The van der Waals surface area contributed by atoms with Crippen LogP contribution in [-0.4, -0.2) is 41.5 Å². The van der Waals surface area contributed by atoms with Crippen LogP contribution in [0.25, 0.3) is 0 Å². The fourth-order valence-electron chi connectivity index (χ4n) is 3.64. The molecule has 0 bridgehead atoms. The fraction of sp³-hybridized carbons (Fsp3) is 0.190. The van der Waals surface area contributed by atoms with Gasteiger partial charge >= 0.3 is 12.0 Å². The molecule has 2 aliphatic heterocycles. The molecule has 2 aliphatic rings. The fourth-order valence-corrected chi connectivity index (χ4v) is 3.64. The smallest absolute Gasteiger partial charge is 0.322 e. The molecule has 3 amide bonds. The van der Waals surface area contributed by atoms with Gasteiger partial charge in [0.25, 0.3) is 5.91 Å². The third kappa shape index (κ3) is 3.00. The van der Waals surface area contributed by atoms with E-state index in [9.17, 15) is 14.4 Å². The molecule has 2 heterocycles. The third-order valence-electron chi connectivity index (χ3n) is 5.10. The van der Waals surface area contributed by atoms with Gasteiger partial charge in [-0.25, -0.2) is 4.79 Å². The Labute approximate surface area is 161 Å². The SMILES string of the molecule is CN1C(=O)NC(c2ccccc2)C2=C1CN(c1ccc(CC(=O)O)cc1)C2=O. The Bertz CT molecular complexity index is 982. The second-order valence-corrected chi connectivity index (χ2v) is 6.84. The number of urea groups is 1. The number of anilines is 1. The number of hydrogen-bond donors (Lipinski definition) is 2. The minimum Gasteiger partial charge on any atom is -0.481 e. The standard InChI is InChI=1S/C21H19N3O4/c1-23-16-12-24(15-9-7-13(8-10-15)11-17(25)26)20(27)18(16)19(22-21(23)28)14-5-3-2-4-6-14/h2-10,19H,11-12H2,1H3,(H,22,28)(H,25,26). The van der Waals surface area contributed by atoms with Crippen LogP contribution in [-0.2, 0) is 16.0 Å². The van der Waals surface area contributed by atoms with Gasteiger partial charge in [-0.3, -0.25) is 14.5 Å². The van der Waals surface area contributed by atoms with Crippen LogP contribution < -0.4 is 10.2 Å². The van der Waals surface area contributed by atoms with Crippen molar-refractivity contribution in [3.8, 4) is 0 Å². The van der Waals surface area contributed by atoms with E-state index in [1.165, 1.54) is 4.90 Å². The Kier molecular flexibility index (Phi) is 4.35. The summed E-state index contributed by atoms with van der Waals surface area (Å²) in [5, 5.41) is 11.8. The number of hydrogen-bond acceptors (Lipinski definition) is 3. The van der Waals surface area contributed by atoms with Crippen molar-refractivity contribution in [3.63, 3.8) is 0 Å². The van der Waals surface area contributed by atoms with Crippen LogP contribution in [0.3, 0.4) is 0 Å². The van der Waals surface area contributed by atoms with Crippen molar-refractivity contribution >= 4 is 23.6 Å². The normalized spacial score (nSPS) is 19.0. The highest BCUT2D eigenvalue weighted by Gasteiger charge is 2.43. The number of nitrogens with one attached hydrogen (secondary N) is 1. The molecule has 0 saturated heterocycles. The number of aliphatic carboxylic acids is 1. The number of rotatable bonds is 4. The predicted molar refractivity (Wildman–Crippen MR) is 103 cm³/mol. The van der Waals surface area contributed by atoms with Crippen molar-refractivity contribution in [2.45, 2.75) is 12.5 Å². The summed E-state index contributed by atoms with van der Waals surface area (Å²) >= 11 is 0. The molecule has 2 aromatic carbocycles. The zero-order chi connectivity index (χ0) is 19.8. The van der Waals surface area contributed by atoms with E-state index in [1.807, 2.05) is 30.3 Å². The first-order valence-corrected chi connectivity index (χ1v) is 8.90. The van der Waals surface area contributed by atoms with Gasteiger partial charge in [0.05, 0.1) is 30.3 Å². The molecule has 0 saturated carbocycles. The van der Waals surface area contributed by atoms with Crippen LogP contribution >= 0.6 is 0 Å². The average molecular weight is 377 g/mol. The number of likely N-dealkylation sites (N-methyl/N-ethyl adjacent to an activating group) is 1. The third-order valence-corrected chi connectivity index (χ3v) is 5.10. The van der Waals surface area contributed by atoms with Crippen molar-refractivity contribution < 1.29 is 19.5 Å².